The molecule has 110 valence electrons. The van der Waals surface area contributed by atoms with E-state index in [1.165, 1.54) is 6.42 Å². The minimum Gasteiger partial charge on any atom is -0.497 e. The number of methoxy groups -OCH3 is 1. The lowest BCUT2D eigenvalue weighted by Crippen LogP contribution is -2.31. The molecule has 0 aliphatic carbocycles. The summed E-state index contributed by atoms with van der Waals surface area (Å²) >= 11 is 0. The van der Waals surface area contributed by atoms with E-state index in [9.17, 15) is 4.79 Å². The number of benzene rings is 1. The van der Waals surface area contributed by atoms with Crippen molar-refractivity contribution in [3.63, 3.8) is 0 Å². The van der Waals surface area contributed by atoms with Crippen LogP contribution in [0.2, 0.25) is 0 Å². The minimum absolute atomic E-state index is 0.159. The van der Waals surface area contributed by atoms with E-state index in [1.807, 2.05) is 24.3 Å². The van der Waals surface area contributed by atoms with Crippen molar-refractivity contribution in [2.24, 2.45) is 0 Å². The molecule has 1 aromatic heterocycles. The fraction of sp³-hybridized carbons (Fsp3) is 0.375. The molecule has 1 N–H and O–H groups in total. The number of nitrogens with zero attached hydrogens (tertiary/aromatic N) is 2. The Labute approximate surface area is 123 Å². The molecule has 0 bridgehead atoms. The number of anilines is 1. The molecule has 0 saturated carbocycles. The Morgan fingerprint density at radius 1 is 1.14 bits per heavy atom. The third kappa shape index (κ3) is 2.91. The summed E-state index contributed by atoms with van der Waals surface area (Å²) in [7, 11) is 1.65. The maximum Gasteiger partial charge on any atom is 0.266 e. The first-order valence-electron chi connectivity index (χ1n) is 7.27. The van der Waals surface area contributed by atoms with Gasteiger partial charge in [-0.2, -0.15) is 5.10 Å². The second-order valence-corrected chi connectivity index (χ2v) is 5.24. The van der Waals surface area contributed by atoms with Crippen LogP contribution in [-0.4, -0.2) is 30.4 Å². The Morgan fingerprint density at radius 3 is 2.52 bits per heavy atom. The average Bonchev–Trinajstić information content (AvgIpc) is 2.56. The summed E-state index contributed by atoms with van der Waals surface area (Å²) in [4.78, 5) is 13.9. The van der Waals surface area contributed by atoms with Crippen molar-refractivity contribution in [1.29, 1.82) is 0 Å². The van der Waals surface area contributed by atoms with Crippen molar-refractivity contribution in [2.45, 2.75) is 19.3 Å². The lowest BCUT2D eigenvalue weighted by molar-refractivity contribution is 0.415. The van der Waals surface area contributed by atoms with Crippen LogP contribution in [0.3, 0.4) is 0 Å². The predicted octanol–water partition coefficient (Wildman–Crippen LogP) is 2.44. The van der Waals surface area contributed by atoms with Gasteiger partial charge in [0.25, 0.3) is 5.56 Å². The molecule has 0 atom stereocenters. The summed E-state index contributed by atoms with van der Waals surface area (Å²) in [6.07, 6.45) is 3.58. The zero-order chi connectivity index (χ0) is 14.7. The Bertz CT molecular complexity index is 658. The van der Waals surface area contributed by atoms with Gasteiger partial charge in [0, 0.05) is 24.7 Å². The summed E-state index contributed by atoms with van der Waals surface area (Å²) < 4.78 is 5.18. The second kappa shape index (κ2) is 5.99. The van der Waals surface area contributed by atoms with Crippen LogP contribution in [-0.2, 0) is 0 Å². The summed E-state index contributed by atoms with van der Waals surface area (Å²) in [6, 6.07) is 9.39. The standard InChI is InChI=1S/C16H19N3O2/c1-21-13-7-5-12(6-8-13)16-14(11-15(20)17-18-16)19-9-3-2-4-10-19/h5-8,11H,2-4,9-10H2,1H3,(H,17,20). The van der Waals surface area contributed by atoms with Gasteiger partial charge in [0.1, 0.15) is 11.4 Å². The Morgan fingerprint density at radius 2 is 1.86 bits per heavy atom. The molecule has 5 heteroatoms. The van der Waals surface area contributed by atoms with Crippen molar-refractivity contribution in [2.75, 3.05) is 25.1 Å². The highest BCUT2D eigenvalue weighted by Gasteiger charge is 2.17. The van der Waals surface area contributed by atoms with Crippen LogP contribution in [0.5, 0.6) is 5.75 Å². The van der Waals surface area contributed by atoms with Crippen molar-refractivity contribution < 1.29 is 4.74 Å². The quantitative estimate of drug-likeness (QED) is 0.941. The first-order valence-corrected chi connectivity index (χ1v) is 7.27. The van der Waals surface area contributed by atoms with Crippen molar-refractivity contribution in [3.8, 4) is 17.0 Å². The predicted molar refractivity (Wildman–Crippen MR) is 82.9 cm³/mol. The number of H-pyrrole nitrogens is 1. The van der Waals surface area contributed by atoms with E-state index in [0.29, 0.717) is 0 Å². The maximum absolute atomic E-state index is 11.7. The number of hydrogen-bond acceptors (Lipinski definition) is 4. The molecule has 2 heterocycles. The Balaban J connectivity index is 2.02. The van der Waals surface area contributed by atoms with E-state index in [4.69, 9.17) is 4.74 Å². The fourth-order valence-electron chi connectivity index (χ4n) is 2.73. The van der Waals surface area contributed by atoms with Gasteiger partial charge in [0.15, 0.2) is 0 Å². The van der Waals surface area contributed by atoms with E-state index < -0.39 is 0 Å². The zero-order valence-electron chi connectivity index (χ0n) is 12.1. The normalized spacial score (nSPS) is 15.0. The molecule has 5 nitrogen and oxygen atoms in total. The highest BCUT2D eigenvalue weighted by atomic mass is 16.5. The largest absolute Gasteiger partial charge is 0.497 e. The second-order valence-electron chi connectivity index (χ2n) is 5.24. The molecule has 2 aromatic rings. The lowest BCUT2D eigenvalue weighted by Gasteiger charge is -2.29. The van der Waals surface area contributed by atoms with Crippen LogP contribution < -0.4 is 15.2 Å². The Kier molecular flexibility index (Phi) is 3.90. The molecule has 1 fully saturated rings. The number of aromatic nitrogens is 2. The van der Waals surface area contributed by atoms with Gasteiger partial charge in [-0.1, -0.05) is 0 Å². The van der Waals surface area contributed by atoms with Gasteiger partial charge in [-0.25, -0.2) is 5.10 Å². The van der Waals surface area contributed by atoms with Crippen LogP contribution in [0.25, 0.3) is 11.3 Å². The van der Waals surface area contributed by atoms with Crippen molar-refractivity contribution in [3.05, 3.63) is 40.7 Å². The average molecular weight is 285 g/mol. The molecule has 1 aromatic carbocycles. The molecule has 3 rings (SSSR count). The third-order valence-corrected chi connectivity index (χ3v) is 3.85. The SMILES string of the molecule is COc1ccc(-c2n[nH]c(=O)cc2N2CCCCC2)cc1. The van der Waals surface area contributed by atoms with E-state index in [-0.39, 0.29) is 5.56 Å². The van der Waals surface area contributed by atoms with Gasteiger partial charge in [0.05, 0.1) is 12.8 Å². The fourth-order valence-corrected chi connectivity index (χ4v) is 2.73. The highest BCUT2D eigenvalue weighted by molar-refractivity contribution is 5.74. The zero-order valence-corrected chi connectivity index (χ0v) is 12.1. The molecule has 0 spiro atoms. The van der Waals surface area contributed by atoms with Gasteiger partial charge in [-0.3, -0.25) is 4.79 Å². The number of ether oxygens (including phenoxy) is 1. The van der Waals surface area contributed by atoms with Crippen LogP contribution in [0.4, 0.5) is 5.69 Å². The number of rotatable bonds is 3. The smallest absolute Gasteiger partial charge is 0.266 e. The topological polar surface area (TPSA) is 58.2 Å². The molecule has 0 amide bonds. The highest BCUT2D eigenvalue weighted by Crippen LogP contribution is 2.30. The van der Waals surface area contributed by atoms with Crippen LogP contribution in [0.1, 0.15) is 19.3 Å². The molecule has 1 aliphatic rings. The minimum atomic E-state index is -0.159. The first kappa shape index (κ1) is 13.7. The molecule has 0 unspecified atom stereocenters. The van der Waals surface area contributed by atoms with Crippen molar-refractivity contribution >= 4 is 5.69 Å². The molecular formula is C16H19N3O2. The summed E-state index contributed by atoms with van der Waals surface area (Å²) in [5.74, 6) is 0.808. The van der Waals surface area contributed by atoms with Gasteiger partial charge < -0.3 is 9.64 Å². The molecule has 1 saturated heterocycles. The monoisotopic (exact) mass is 285 g/mol. The Hall–Kier alpha value is -2.30. The van der Waals surface area contributed by atoms with Gasteiger partial charge in [-0.15, -0.1) is 0 Å². The van der Waals surface area contributed by atoms with Crippen LogP contribution >= 0.6 is 0 Å². The van der Waals surface area contributed by atoms with E-state index in [0.717, 1.165) is 48.6 Å². The third-order valence-electron chi connectivity index (χ3n) is 3.85. The molecular weight excluding hydrogens is 266 g/mol. The van der Waals surface area contributed by atoms with Crippen LogP contribution in [0.15, 0.2) is 35.1 Å². The molecule has 1 aliphatic heterocycles. The molecule has 0 radical (unpaired) electrons. The van der Waals surface area contributed by atoms with Crippen LogP contribution in [0, 0.1) is 0 Å². The summed E-state index contributed by atoms with van der Waals surface area (Å²) in [5, 5.41) is 6.80. The van der Waals surface area contributed by atoms with Gasteiger partial charge >= 0.3 is 0 Å². The summed E-state index contributed by atoms with van der Waals surface area (Å²) in [6.45, 7) is 1.96. The van der Waals surface area contributed by atoms with E-state index in [1.54, 1.807) is 13.2 Å². The lowest BCUT2D eigenvalue weighted by atomic mass is 10.1. The molecule has 21 heavy (non-hydrogen) atoms. The van der Waals surface area contributed by atoms with Gasteiger partial charge in [0.2, 0.25) is 0 Å². The first-order chi connectivity index (χ1) is 10.3. The number of piperidine rings is 1. The number of aromatic amines is 1. The maximum atomic E-state index is 11.7. The van der Waals surface area contributed by atoms with Gasteiger partial charge in [-0.05, 0) is 43.5 Å². The number of nitrogens with one attached hydrogen (secondary N) is 1. The van der Waals surface area contributed by atoms with E-state index in [2.05, 4.69) is 15.1 Å². The van der Waals surface area contributed by atoms with Crippen molar-refractivity contribution in [1.82, 2.24) is 10.2 Å². The number of hydrogen-bond donors (Lipinski definition) is 1. The summed E-state index contributed by atoms with van der Waals surface area (Å²) in [5.41, 5.74) is 2.56. The van der Waals surface area contributed by atoms with E-state index >= 15 is 0 Å².